The van der Waals surface area contributed by atoms with Crippen molar-refractivity contribution in [1.29, 1.82) is 0 Å². The van der Waals surface area contributed by atoms with Gasteiger partial charge in [0.15, 0.2) is 11.5 Å². The molecule has 0 aromatic heterocycles. The maximum Gasteiger partial charge on any atom is 0.317 e. The van der Waals surface area contributed by atoms with Gasteiger partial charge in [-0.1, -0.05) is 0 Å². The first kappa shape index (κ1) is 20.7. The molecule has 30 heavy (non-hydrogen) atoms. The number of fused-ring (bicyclic) bond motifs is 1. The number of nitrogens with zero attached hydrogens (tertiary/aromatic N) is 3. The topological polar surface area (TPSA) is 83.6 Å². The largest absolute Gasteiger partial charge is 0.454 e. The normalized spacial score (nSPS) is 22.0. The molecule has 1 aromatic carbocycles. The van der Waals surface area contributed by atoms with E-state index in [1.807, 2.05) is 16.7 Å². The first-order chi connectivity index (χ1) is 14.6. The minimum atomic E-state index is -0.0258. The second-order valence-corrected chi connectivity index (χ2v) is 7.79. The molecule has 1 aromatic rings. The molecule has 164 valence electrons. The van der Waals surface area contributed by atoms with E-state index in [1.54, 1.807) is 18.2 Å². The molecule has 3 aliphatic rings. The van der Waals surface area contributed by atoms with Crippen molar-refractivity contribution in [3.63, 3.8) is 0 Å². The van der Waals surface area contributed by atoms with Crippen LogP contribution in [0.25, 0.3) is 0 Å². The summed E-state index contributed by atoms with van der Waals surface area (Å²) >= 11 is 0. The van der Waals surface area contributed by atoms with Gasteiger partial charge in [-0.05, 0) is 38.1 Å². The Morgan fingerprint density at radius 1 is 1.07 bits per heavy atom. The SMILES string of the molecule is CCNC(=O)N1CCOC(CN2CCCN(C(=O)c3ccc4c(c3)OCO4)CC2)C1. The van der Waals surface area contributed by atoms with E-state index in [9.17, 15) is 9.59 Å². The molecule has 3 amide bonds. The number of hydrogen-bond acceptors (Lipinski definition) is 6. The van der Waals surface area contributed by atoms with Crippen molar-refractivity contribution in [2.24, 2.45) is 0 Å². The van der Waals surface area contributed by atoms with Gasteiger partial charge in [0.1, 0.15) is 0 Å². The van der Waals surface area contributed by atoms with Crippen LogP contribution in [0.4, 0.5) is 4.79 Å². The van der Waals surface area contributed by atoms with Crippen LogP contribution in [0.2, 0.25) is 0 Å². The minimum Gasteiger partial charge on any atom is -0.454 e. The number of nitrogens with one attached hydrogen (secondary N) is 1. The zero-order valence-electron chi connectivity index (χ0n) is 17.5. The van der Waals surface area contributed by atoms with Crippen LogP contribution in [0, 0.1) is 0 Å². The fraction of sp³-hybridized carbons (Fsp3) is 0.619. The van der Waals surface area contributed by atoms with E-state index in [-0.39, 0.29) is 24.8 Å². The Morgan fingerprint density at radius 2 is 1.93 bits per heavy atom. The highest BCUT2D eigenvalue weighted by Gasteiger charge is 2.28. The summed E-state index contributed by atoms with van der Waals surface area (Å²) < 4.78 is 16.6. The molecular weight excluding hydrogens is 388 g/mol. The molecule has 9 nitrogen and oxygen atoms in total. The summed E-state index contributed by atoms with van der Waals surface area (Å²) in [6.45, 7) is 8.38. The monoisotopic (exact) mass is 418 g/mol. The van der Waals surface area contributed by atoms with Gasteiger partial charge < -0.3 is 29.3 Å². The lowest BCUT2D eigenvalue weighted by Crippen LogP contribution is -2.52. The maximum absolute atomic E-state index is 13.0. The zero-order chi connectivity index (χ0) is 20.9. The van der Waals surface area contributed by atoms with Crippen LogP contribution in [0.5, 0.6) is 11.5 Å². The summed E-state index contributed by atoms with van der Waals surface area (Å²) in [4.78, 5) is 31.1. The molecule has 1 N–H and O–H groups in total. The second kappa shape index (κ2) is 9.53. The molecule has 9 heteroatoms. The van der Waals surface area contributed by atoms with Crippen LogP contribution in [-0.2, 0) is 4.74 Å². The van der Waals surface area contributed by atoms with E-state index < -0.39 is 0 Å². The van der Waals surface area contributed by atoms with E-state index >= 15 is 0 Å². The summed E-state index contributed by atoms with van der Waals surface area (Å²) in [7, 11) is 0. The number of morpholine rings is 1. The highest BCUT2D eigenvalue weighted by molar-refractivity contribution is 5.95. The van der Waals surface area contributed by atoms with Crippen LogP contribution in [0.1, 0.15) is 23.7 Å². The first-order valence-corrected chi connectivity index (χ1v) is 10.7. The smallest absolute Gasteiger partial charge is 0.317 e. The lowest BCUT2D eigenvalue weighted by molar-refractivity contribution is -0.0298. The van der Waals surface area contributed by atoms with Gasteiger partial charge in [-0.2, -0.15) is 0 Å². The molecule has 4 rings (SSSR count). The quantitative estimate of drug-likeness (QED) is 0.785. The van der Waals surface area contributed by atoms with Gasteiger partial charge in [0, 0.05) is 51.4 Å². The third-order valence-corrected chi connectivity index (χ3v) is 5.71. The molecule has 0 bridgehead atoms. The average Bonchev–Trinajstić information content (AvgIpc) is 3.11. The molecule has 2 saturated heterocycles. The van der Waals surface area contributed by atoms with Crippen molar-refractivity contribution < 1.29 is 23.8 Å². The second-order valence-electron chi connectivity index (χ2n) is 7.79. The Hall–Kier alpha value is -2.52. The zero-order valence-corrected chi connectivity index (χ0v) is 17.5. The summed E-state index contributed by atoms with van der Waals surface area (Å²) in [5.74, 6) is 1.33. The fourth-order valence-corrected chi connectivity index (χ4v) is 4.13. The predicted molar refractivity (Wildman–Crippen MR) is 110 cm³/mol. The van der Waals surface area contributed by atoms with Gasteiger partial charge in [-0.15, -0.1) is 0 Å². The summed E-state index contributed by atoms with van der Waals surface area (Å²) in [6.07, 6.45) is 0.903. The lowest BCUT2D eigenvalue weighted by atomic mass is 10.1. The number of urea groups is 1. The van der Waals surface area contributed by atoms with Crippen molar-refractivity contribution in [2.45, 2.75) is 19.4 Å². The number of hydrogen-bond donors (Lipinski definition) is 1. The highest BCUT2D eigenvalue weighted by Crippen LogP contribution is 2.32. The lowest BCUT2D eigenvalue weighted by Gasteiger charge is -2.35. The van der Waals surface area contributed by atoms with Gasteiger partial charge in [-0.25, -0.2) is 4.79 Å². The Morgan fingerprint density at radius 3 is 2.80 bits per heavy atom. The van der Waals surface area contributed by atoms with Crippen LogP contribution in [-0.4, -0.2) is 98.5 Å². The van der Waals surface area contributed by atoms with Crippen molar-refractivity contribution >= 4 is 11.9 Å². The van der Waals surface area contributed by atoms with Crippen LogP contribution < -0.4 is 14.8 Å². The highest BCUT2D eigenvalue weighted by atomic mass is 16.7. The van der Waals surface area contributed by atoms with Crippen LogP contribution in [0.15, 0.2) is 18.2 Å². The van der Waals surface area contributed by atoms with E-state index in [1.165, 1.54) is 0 Å². The van der Waals surface area contributed by atoms with Crippen molar-refractivity contribution in [3.8, 4) is 11.5 Å². The van der Waals surface area contributed by atoms with E-state index in [2.05, 4.69) is 10.2 Å². The molecule has 3 heterocycles. The Balaban J connectivity index is 1.29. The molecule has 3 aliphatic heterocycles. The number of rotatable bonds is 4. The van der Waals surface area contributed by atoms with Gasteiger partial charge in [0.25, 0.3) is 5.91 Å². The molecule has 2 fully saturated rings. The summed E-state index contributed by atoms with van der Waals surface area (Å²) in [6, 6.07) is 5.33. The molecular formula is C21H30N4O5. The molecule has 0 radical (unpaired) electrons. The summed E-state index contributed by atoms with van der Waals surface area (Å²) in [5, 5.41) is 2.86. The molecule has 0 saturated carbocycles. The van der Waals surface area contributed by atoms with E-state index in [4.69, 9.17) is 14.2 Å². The predicted octanol–water partition coefficient (Wildman–Crippen LogP) is 0.994. The van der Waals surface area contributed by atoms with Crippen LogP contribution >= 0.6 is 0 Å². The van der Waals surface area contributed by atoms with Gasteiger partial charge in [-0.3, -0.25) is 9.69 Å². The van der Waals surface area contributed by atoms with Crippen molar-refractivity contribution in [3.05, 3.63) is 23.8 Å². The Labute approximate surface area is 176 Å². The van der Waals surface area contributed by atoms with Crippen molar-refractivity contribution in [2.75, 3.05) is 65.8 Å². The Bertz CT molecular complexity index is 774. The number of carbonyl (C=O) groups excluding carboxylic acids is 2. The van der Waals surface area contributed by atoms with E-state index in [0.717, 1.165) is 32.6 Å². The average molecular weight is 418 g/mol. The number of ether oxygens (including phenoxy) is 3. The van der Waals surface area contributed by atoms with Crippen molar-refractivity contribution in [1.82, 2.24) is 20.0 Å². The number of benzene rings is 1. The third-order valence-electron chi connectivity index (χ3n) is 5.71. The van der Waals surface area contributed by atoms with Crippen LogP contribution in [0.3, 0.4) is 0 Å². The molecule has 1 unspecified atom stereocenters. The molecule has 0 spiro atoms. The van der Waals surface area contributed by atoms with Gasteiger partial charge in [0.05, 0.1) is 12.7 Å². The Kier molecular flexibility index (Phi) is 6.59. The third kappa shape index (κ3) is 4.79. The summed E-state index contributed by atoms with van der Waals surface area (Å²) in [5.41, 5.74) is 0.626. The van der Waals surface area contributed by atoms with E-state index in [0.29, 0.717) is 49.8 Å². The first-order valence-electron chi connectivity index (χ1n) is 10.7. The molecule has 1 atom stereocenters. The minimum absolute atomic E-state index is 0.00235. The maximum atomic E-state index is 13.0. The van der Waals surface area contributed by atoms with Gasteiger partial charge in [0.2, 0.25) is 6.79 Å². The molecule has 0 aliphatic carbocycles. The van der Waals surface area contributed by atoms with Gasteiger partial charge >= 0.3 is 6.03 Å². The number of amides is 3. The standard InChI is InChI=1S/C21H30N4O5/c1-2-22-21(27)25-10-11-28-17(14-25)13-23-6-3-7-24(9-8-23)20(26)16-4-5-18-19(12-16)30-15-29-18/h4-5,12,17H,2-3,6-11,13-15H2,1H3,(H,22,27). The number of carbonyl (C=O) groups is 2. The fourth-order valence-electron chi connectivity index (χ4n) is 4.13.